The van der Waals surface area contributed by atoms with E-state index in [1.165, 1.54) is 6.33 Å². The number of nitrogens with one attached hydrogen (secondary N) is 2. The predicted molar refractivity (Wildman–Crippen MR) is 166 cm³/mol. The van der Waals surface area contributed by atoms with Crippen molar-refractivity contribution in [2.45, 2.75) is 13.5 Å². The second kappa shape index (κ2) is 11.4. The van der Waals surface area contributed by atoms with Gasteiger partial charge >= 0.3 is 0 Å². The number of nitrogen functional groups attached to an aromatic ring is 2. The number of carbonyl (C=O) groups is 2. The average molecular weight is 570 g/mol. The molecule has 0 fully saturated rings. The van der Waals surface area contributed by atoms with Crippen LogP contribution in [0.4, 0.5) is 23.0 Å². The van der Waals surface area contributed by atoms with Gasteiger partial charge in [0.15, 0.2) is 5.65 Å². The lowest BCUT2D eigenvalue weighted by Gasteiger charge is -2.09. The van der Waals surface area contributed by atoms with E-state index < -0.39 is 0 Å². The highest BCUT2D eigenvalue weighted by atomic mass is 16.2. The molecule has 0 spiro atoms. The number of hydrogen-bond acceptors (Lipinski definition) is 8. The van der Waals surface area contributed by atoms with E-state index in [1.54, 1.807) is 53.3 Å². The monoisotopic (exact) mass is 569 g/mol. The lowest BCUT2D eigenvalue weighted by Crippen LogP contribution is -2.13. The van der Waals surface area contributed by atoms with Gasteiger partial charge in [0, 0.05) is 22.9 Å². The number of nitrogens with two attached hydrogens (primary N) is 2. The first-order valence-electron chi connectivity index (χ1n) is 13.4. The Labute approximate surface area is 246 Å². The molecule has 43 heavy (non-hydrogen) atoms. The Balaban J connectivity index is 1.23. The Kier molecular flexibility index (Phi) is 7.19. The molecule has 6 rings (SSSR count). The van der Waals surface area contributed by atoms with Crippen molar-refractivity contribution in [3.05, 3.63) is 120 Å². The number of aromatic nitrogens is 5. The van der Waals surface area contributed by atoms with Crippen molar-refractivity contribution in [2.75, 3.05) is 22.1 Å². The van der Waals surface area contributed by atoms with Gasteiger partial charge < -0.3 is 22.1 Å². The smallest absolute Gasteiger partial charge is 0.256 e. The third-order valence-electron chi connectivity index (χ3n) is 6.89. The van der Waals surface area contributed by atoms with Crippen molar-refractivity contribution in [2.24, 2.45) is 0 Å². The summed E-state index contributed by atoms with van der Waals surface area (Å²) in [5.41, 5.74) is 18.1. The van der Waals surface area contributed by atoms with Crippen LogP contribution in [-0.2, 0) is 6.54 Å². The van der Waals surface area contributed by atoms with E-state index in [4.69, 9.17) is 16.6 Å². The molecule has 11 nitrogen and oxygen atoms in total. The van der Waals surface area contributed by atoms with Crippen LogP contribution >= 0.6 is 0 Å². The van der Waals surface area contributed by atoms with Crippen LogP contribution in [0.5, 0.6) is 0 Å². The maximum absolute atomic E-state index is 12.8. The number of anilines is 4. The Hall–Kier alpha value is -6.10. The highest BCUT2D eigenvalue weighted by molar-refractivity contribution is 6.06. The van der Waals surface area contributed by atoms with E-state index in [1.807, 2.05) is 49.4 Å². The molecule has 212 valence electrons. The minimum absolute atomic E-state index is 0.260. The van der Waals surface area contributed by atoms with Gasteiger partial charge in [-0.2, -0.15) is 5.10 Å². The van der Waals surface area contributed by atoms with Gasteiger partial charge in [-0.05, 0) is 66.6 Å². The molecule has 0 aliphatic rings. The third-order valence-corrected chi connectivity index (χ3v) is 6.89. The molecule has 6 aromatic rings. The molecular weight excluding hydrogens is 542 g/mol. The van der Waals surface area contributed by atoms with Gasteiger partial charge in [-0.25, -0.2) is 19.6 Å². The van der Waals surface area contributed by atoms with E-state index >= 15 is 0 Å². The van der Waals surface area contributed by atoms with Crippen LogP contribution in [0.3, 0.4) is 0 Å². The summed E-state index contributed by atoms with van der Waals surface area (Å²) in [4.78, 5) is 38.3. The molecule has 0 atom stereocenters. The first-order valence-corrected chi connectivity index (χ1v) is 13.4. The summed E-state index contributed by atoms with van der Waals surface area (Å²) in [5.74, 6) is 0.250. The van der Waals surface area contributed by atoms with Crippen molar-refractivity contribution in [1.29, 1.82) is 0 Å². The molecule has 0 bridgehead atoms. The summed E-state index contributed by atoms with van der Waals surface area (Å²) in [6.07, 6.45) is 3.05. The van der Waals surface area contributed by atoms with Crippen molar-refractivity contribution < 1.29 is 9.59 Å². The molecule has 2 amide bonds. The number of hydrogen-bond donors (Lipinski definition) is 4. The predicted octanol–water partition coefficient (Wildman–Crippen LogP) is 4.91. The molecule has 6 N–H and O–H groups in total. The Morgan fingerprint density at radius 1 is 0.814 bits per heavy atom. The number of rotatable bonds is 7. The Morgan fingerprint density at radius 2 is 1.51 bits per heavy atom. The highest BCUT2D eigenvalue weighted by Crippen LogP contribution is 2.31. The first-order chi connectivity index (χ1) is 20.9. The highest BCUT2D eigenvalue weighted by Gasteiger charge is 2.18. The van der Waals surface area contributed by atoms with E-state index in [-0.39, 0.29) is 11.8 Å². The van der Waals surface area contributed by atoms with E-state index in [0.717, 1.165) is 16.7 Å². The molecule has 0 saturated carbocycles. The van der Waals surface area contributed by atoms with E-state index in [0.29, 0.717) is 57.4 Å². The molecule has 3 aromatic carbocycles. The zero-order valence-corrected chi connectivity index (χ0v) is 23.2. The Morgan fingerprint density at radius 3 is 2.23 bits per heavy atom. The zero-order valence-electron chi connectivity index (χ0n) is 23.2. The lowest BCUT2D eigenvalue weighted by atomic mass is 10.1. The summed E-state index contributed by atoms with van der Waals surface area (Å²) in [6, 6.07) is 25.0. The third kappa shape index (κ3) is 5.72. The quantitative estimate of drug-likeness (QED) is 0.197. The maximum atomic E-state index is 12.8. The van der Waals surface area contributed by atoms with Crippen molar-refractivity contribution in [3.63, 3.8) is 0 Å². The van der Waals surface area contributed by atoms with Crippen LogP contribution in [0.1, 0.15) is 31.8 Å². The minimum atomic E-state index is -0.271. The number of aryl methyl sites for hydroxylation is 1. The number of nitrogens with zero attached hydrogens (tertiary/aromatic N) is 5. The van der Waals surface area contributed by atoms with Gasteiger partial charge in [0.25, 0.3) is 11.8 Å². The molecule has 3 heterocycles. The molecule has 11 heteroatoms. The summed E-state index contributed by atoms with van der Waals surface area (Å²) >= 11 is 0. The second-order valence-electron chi connectivity index (χ2n) is 9.95. The van der Waals surface area contributed by atoms with Gasteiger partial charge in [0.1, 0.15) is 23.7 Å². The van der Waals surface area contributed by atoms with Gasteiger partial charge in [0.2, 0.25) is 0 Å². The fourth-order valence-corrected chi connectivity index (χ4v) is 4.65. The molecule has 0 aliphatic carbocycles. The molecule has 3 aromatic heterocycles. The number of fused-ring (bicyclic) bond motifs is 1. The second-order valence-corrected chi connectivity index (χ2v) is 9.95. The van der Waals surface area contributed by atoms with Gasteiger partial charge in [-0.15, -0.1) is 0 Å². The standard InChI is InChI=1S/C32H27N9O2/c1-19-14-15-35-26(16-19)39-32(43)23-12-10-21(11-13-23)28-27-29(34)36-18-37-30(27)41(40-28)17-20-6-8-22(9-7-20)31(42)38-25-5-3-2-4-24(25)33/h2-16,18H,17,33H2,1H3,(H,38,42)(H2,34,36,37)(H,35,39,43). The summed E-state index contributed by atoms with van der Waals surface area (Å²) in [5, 5.41) is 11.1. The van der Waals surface area contributed by atoms with Crippen LogP contribution in [0.25, 0.3) is 22.3 Å². The zero-order chi connectivity index (χ0) is 29.9. The molecule has 0 radical (unpaired) electrons. The molecule has 0 saturated heterocycles. The number of benzene rings is 3. The van der Waals surface area contributed by atoms with Crippen molar-refractivity contribution in [1.82, 2.24) is 24.7 Å². The first kappa shape index (κ1) is 27.1. The largest absolute Gasteiger partial charge is 0.397 e. The van der Waals surface area contributed by atoms with Crippen LogP contribution in [0, 0.1) is 6.92 Å². The fraction of sp³-hybridized carbons (Fsp3) is 0.0625. The summed E-state index contributed by atoms with van der Waals surface area (Å²) in [7, 11) is 0. The SMILES string of the molecule is Cc1ccnc(NC(=O)c2ccc(-c3nn(Cc4ccc(C(=O)Nc5ccccc5N)cc4)c4ncnc(N)c34)cc2)c1. The summed E-state index contributed by atoms with van der Waals surface area (Å²) in [6.45, 7) is 2.31. The number of carbonyl (C=O) groups excluding carboxylic acids is 2. The fourth-order valence-electron chi connectivity index (χ4n) is 4.65. The van der Waals surface area contributed by atoms with Crippen LogP contribution in [-0.4, -0.2) is 36.5 Å². The van der Waals surface area contributed by atoms with Gasteiger partial charge in [0.05, 0.1) is 23.3 Å². The lowest BCUT2D eigenvalue weighted by molar-refractivity contribution is 0.101. The van der Waals surface area contributed by atoms with Crippen molar-refractivity contribution in [3.8, 4) is 11.3 Å². The number of amides is 2. The van der Waals surface area contributed by atoms with Crippen LogP contribution in [0.15, 0.2) is 97.5 Å². The maximum Gasteiger partial charge on any atom is 0.256 e. The molecule has 0 aliphatic heterocycles. The minimum Gasteiger partial charge on any atom is -0.397 e. The number of pyridine rings is 1. The molecular formula is C32H27N9O2. The van der Waals surface area contributed by atoms with Crippen molar-refractivity contribution >= 4 is 45.9 Å². The average Bonchev–Trinajstić information content (AvgIpc) is 3.38. The summed E-state index contributed by atoms with van der Waals surface area (Å²) < 4.78 is 1.74. The topological polar surface area (TPSA) is 167 Å². The van der Waals surface area contributed by atoms with E-state index in [2.05, 4.69) is 25.6 Å². The number of para-hydroxylation sites is 2. The van der Waals surface area contributed by atoms with Crippen LogP contribution in [0.2, 0.25) is 0 Å². The van der Waals surface area contributed by atoms with Crippen LogP contribution < -0.4 is 22.1 Å². The van der Waals surface area contributed by atoms with Gasteiger partial charge in [-0.3, -0.25) is 9.59 Å². The molecule has 0 unspecified atom stereocenters. The Bertz CT molecular complexity index is 1970. The van der Waals surface area contributed by atoms with Gasteiger partial charge in [-0.1, -0.05) is 36.4 Å². The normalized spacial score (nSPS) is 10.9. The van der Waals surface area contributed by atoms with E-state index in [9.17, 15) is 9.59 Å².